The smallest absolute Gasteiger partial charge is 0.208 e. The highest BCUT2D eigenvalue weighted by Crippen LogP contribution is 2.26. The van der Waals surface area contributed by atoms with Gasteiger partial charge in [0.1, 0.15) is 0 Å². The fourth-order valence-electron chi connectivity index (χ4n) is 2.59. The van der Waals surface area contributed by atoms with Gasteiger partial charge in [0.2, 0.25) is 10.0 Å². The predicted molar refractivity (Wildman–Crippen MR) is 80.5 cm³/mol. The summed E-state index contributed by atoms with van der Waals surface area (Å²) < 4.78 is 28.4. The quantitative estimate of drug-likeness (QED) is 0.849. The van der Waals surface area contributed by atoms with Gasteiger partial charge in [0, 0.05) is 10.5 Å². The Hall–Kier alpha value is -0.390. The number of benzene rings is 1. The van der Waals surface area contributed by atoms with Gasteiger partial charge < -0.3 is 0 Å². The molecule has 106 valence electrons. The van der Waals surface area contributed by atoms with E-state index in [2.05, 4.69) is 27.6 Å². The second-order valence-electron chi connectivity index (χ2n) is 5.27. The molecule has 2 unspecified atom stereocenters. The van der Waals surface area contributed by atoms with Crippen molar-refractivity contribution in [3.63, 3.8) is 0 Å². The van der Waals surface area contributed by atoms with E-state index in [1.807, 2.05) is 6.07 Å². The standard InChI is InChI=1S/C14H20BrNO2S/c1-11-7-3-2-4-9-13(11)16-19(17,18)14-10-6-5-8-12(14)15/h5-6,8,10-11,13,16H,2-4,7,9H2,1H3. The van der Waals surface area contributed by atoms with Crippen molar-refractivity contribution in [2.45, 2.75) is 50.0 Å². The summed E-state index contributed by atoms with van der Waals surface area (Å²) in [5.41, 5.74) is 0. The Labute approximate surface area is 124 Å². The zero-order valence-corrected chi connectivity index (χ0v) is 13.5. The van der Waals surface area contributed by atoms with Crippen LogP contribution in [0.3, 0.4) is 0 Å². The monoisotopic (exact) mass is 345 g/mol. The van der Waals surface area contributed by atoms with Crippen LogP contribution >= 0.6 is 15.9 Å². The molecule has 0 bridgehead atoms. The summed E-state index contributed by atoms with van der Waals surface area (Å²) in [6, 6.07) is 7.01. The Morgan fingerprint density at radius 3 is 2.58 bits per heavy atom. The number of rotatable bonds is 3. The molecule has 0 radical (unpaired) electrons. The third-order valence-electron chi connectivity index (χ3n) is 3.79. The van der Waals surface area contributed by atoms with Gasteiger partial charge in [-0.3, -0.25) is 0 Å². The SMILES string of the molecule is CC1CCCCCC1NS(=O)(=O)c1ccccc1Br. The Morgan fingerprint density at radius 2 is 1.84 bits per heavy atom. The second kappa shape index (κ2) is 6.37. The minimum atomic E-state index is -3.44. The highest BCUT2D eigenvalue weighted by Gasteiger charge is 2.26. The van der Waals surface area contributed by atoms with E-state index in [-0.39, 0.29) is 6.04 Å². The molecule has 0 aliphatic heterocycles. The first-order chi connectivity index (χ1) is 9.00. The number of nitrogens with one attached hydrogen (secondary N) is 1. The average molecular weight is 346 g/mol. The van der Waals surface area contributed by atoms with Gasteiger partial charge in [-0.1, -0.05) is 38.3 Å². The molecule has 0 aromatic heterocycles. The van der Waals surface area contributed by atoms with Crippen LogP contribution in [0.2, 0.25) is 0 Å². The predicted octanol–water partition coefficient (Wildman–Crippen LogP) is 3.70. The molecule has 1 aliphatic carbocycles. The lowest BCUT2D eigenvalue weighted by Crippen LogP contribution is -2.38. The molecule has 19 heavy (non-hydrogen) atoms. The van der Waals surface area contributed by atoms with Gasteiger partial charge >= 0.3 is 0 Å². The van der Waals surface area contributed by atoms with Crippen LogP contribution in [0.15, 0.2) is 33.6 Å². The van der Waals surface area contributed by atoms with Gasteiger partial charge in [-0.05, 0) is 46.8 Å². The molecule has 1 saturated carbocycles. The van der Waals surface area contributed by atoms with Crippen LogP contribution in [-0.4, -0.2) is 14.5 Å². The van der Waals surface area contributed by atoms with Gasteiger partial charge in [-0.2, -0.15) is 0 Å². The fourth-order valence-corrected chi connectivity index (χ4v) is 4.98. The van der Waals surface area contributed by atoms with Crippen molar-refractivity contribution >= 4 is 26.0 Å². The molecule has 2 rings (SSSR count). The number of hydrogen-bond donors (Lipinski definition) is 1. The molecule has 0 heterocycles. The van der Waals surface area contributed by atoms with Gasteiger partial charge in [-0.25, -0.2) is 13.1 Å². The zero-order valence-electron chi connectivity index (χ0n) is 11.1. The Bertz CT molecular complexity index is 530. The van der Waals surface area contributed by atoms with Crippen LogP contribution in [0.25, 0.3) is 0 Å². The molecule has 1 aromatic rings. The first kappa shape index (κ1) is 15.0. The maximum atomic E-state index is 12.4. The number of hydrogen-bond acceptors (Lipinski definition) is 2. The van der Waals surface area contributed by atoms with E-state index in [9.17, 15) is 8.42 Å². The molecule has 1 aliphatic rings. The summed E-state index contributed by atoms with van der Waals surface area (Å²) in [5.74, 6) is 0.403. The van der Waals surface area contributed by atoms with Crippen molar-refractivity contribution in [3.8, 4) is 0 Å². The van der Waals surface area contributed by atoms with Crippen LogP contribution in [0.1, 0.15) is 39.0 Å². The summed E-state index contributed by atoms with van der Waals surface area (Å²) in [4.78, 5) is 0.325. The van der Waals surface area contributed by atoms with Crippen molar-refractivity contribution in [2.75, 3.05) is 0 Å². The first-order valence-electron chi connectivity index (χ1n) is 6.77. The topological polar surface area (TPSA) is 46.2 Å². The van der Waals surface area contributed by atoms with Crippen molar-refractivity contribution in [1.29, 1.82) is 0 Å². The molecule has 1 aromatic carbocycles. The van der Waals surface area contributed by atoms with Gasteiger partial charge in [0.05, 0.1) is 4.90 Å². The molecule has 1 fully saturated rings. The molecule has 0 spiro atoms. The van der Waals surface area contributed by atoms with E-state index < -0.39 is 10.0 Å². The molecule has 2 atom stereocenters. The minimum absolute atomic E-state index is 0.0552. The van der Waals surface area contributed by atoms with Crippen molar-refractivity contribution in [3.05, 3.63) is 28.7 Å². The van der Waals surface area contributed by atoms with E-state index in [0.717, 1.165) is 19.3 Å². The molecule has 3 nitrogen and oxygen atoms in total. The second-order valence-corrected chi connectivity index (χ2v) is 7.81. The summed E-state index contributed by atoms with van der Waals surface area (Å²) in [7, 11) is -3.44. The zero-order chi connectivity index (χ0) is 13.9. The van der Waals surface area contributed by atoms with Crippen LogP contribution in [0.4, 0.5) is 0 Å². The maximum Gasteiger partial charge on any atom is 0.241 e. The third-order valence-corrected chi connectivity index (χ3v) is 6.30. The van der Waals surface area contributed by atoms with E-state index in [4.69, 9.17) is 0 Å². The van der Waals surface area contributed by atoms with E-state index >= 15 is 0 Å². The highest BCUT2D eigenvalue weighted by molar-refractivity contribution is 9.10. The normalized spacial score (nSPS) is 24.9. The van der Waals surface area contributed by atoms with Crippen LogP contribution in [-0.2, 0) is 10.0 Å². The summed E-state index contributed by atoms with van der Waals surface area (Å²) >= 11 is 3.31. The number of sulfonamides is 1. The Balaban J connectivity index is 2.19. The minimum Gasteiger partial charge on any atom is -0.208 e. The van der Waals surface area contributed by atoms with Gasteiger partial charge in [0.25, 0.3) is 0 Å². The van der Waals surface area contributed by atoms with Crippen molar-refractivity contribution < 1.29 is 8.42 Å². The van der Waals surface area contributed by atoms with Crippen LogP contribution < -0.4 is 4.72 Å². The fraction of sp³-hybridized carbons (Fsp3) is 0.571. The maximum absolute atomic E-state index is 12.4. The van der Waals surface area contributed by atoms with Crippen LogP contribution in [0.5, 0.6) is 0 Å². The van der Waals surface area contributed by atoms with E-state index in [0.29, 0.717) is 15.3 Å². The Kier molecular flexibility index (Phi) is 5.03. The lowest BCUT2D eigenvalue weighted by molar-refractivity contribution is 0.399. The summed E-state index contributed by atoms with van der Waals surface area (Å²) in [6.45, 7) is 2.14. The molecular weight excluding hydrogens is 326 g/mol. The molecule has 5 heteroatoms. The van der Waals surface area contributed by atoms with Gasteiger partial charge in [0.15, 0.2) is 0 Å². The first-order valence-corrected chi connectivity index (χ1v) is 9.05. The molecule has 1 N–H and O–H groups in total. The lowest BCUT2D eigenvalue weighted by Gasteiger charge is -2.22. The van der Waals surface area contributed by atoms with Crippen molar-refractivity contribution in [1.82, 2.24) is 4.72 Å². The number of halogens is 1. The molecular formula is C14H20BrNO2S. The average Bonchev–Trinajstić information content (AvgIpc) is 2.55. The third kappa shape index (κ3) is 3.80. The van der Waals surface area contributed by atoms with Crippen molar-refractivity contribution in [2.24, 2.45) is 5.92 Å². The van der Waals surface area contributed by atoms with E-state index in [1.165, 1.54) is 12.8 Å². The summed E-state index contributed by atoms with van der Waals surface area (Å²) in [6.07, 6.45) is 5.55. The largest absolute Gasteiger partial charge is 0.241 e. The molecule has 0 amide bonds. The van der Waals surface area contributed by atoms with E-state index in [1.54, 1.807) is 18.2 Å². The van der Waals surface area contributed by atoms with Gasteiger partial charge in [-0.15, -0.1) is 0 Å². The summed E-state index contributed by atoms with van der Waals surface area (Å²) in [5, 5.41) is 0. The molecule has 0 saturated heterocycles. The highest BCUT2D eigenvalue weighted by atomic mass is 79.9. The Morgan fingerprint density at radius 1 is 1.16 bits per heavy atom. The van der Waals surface area contributed by atoms with Crippen LogP contribution in [0, 0.1) is 5.92 Å². The lowest BCUT2D eigenvalue weighted by atomic mass is 9.98.